The molecule has 1 aromatic heterocycles. The Morgan fingerprint density at radius 3 is 2.76 bits per heavy atom. The highest BCUT2D eigenvalue weighted by Gasteiger charge is 2.12. The summed E-state index contributed by atoms with van der Waals surface area (Å²) in [6, 6.07) is 4.15. The molecule has 0 radical (unpaired) electrons. The van der Waals surface area contributed by atoms with Crippen molar-refractivity contribution in [2.75, 3.05) is 5.73 Å². The summed E-state index contributed by atoms with van der Waals surface area (Å²) in [7, 11) is 0. The van der Waals surface area contributed by atoms with Crippen LogP contribution in [0.5, 0.6) is 0 Å². The van der Waals surface area contributed by atoms with E-state index < -0.39 is 4.92 Å². The maximum Gasteiger partial charge on any atom is 0.271 e. The normalized spacial score (nSPS) is 10.5. The van der Waals surface area contributed by atoms with Crippen LogP contribution in [-0.4, -0.2) is 14.7 Å². The van der Waals surface area contributed by atoms with Gasteiger partial charge in [-0.25, -0.2) is 4.68 Å². The number of halogens is 1. The van der Waals surface area contributed by atoms with Crippen molar-refractivity contribution in [3.63, 3.8) is 0 Å². The molecule has 6 nitrogen and oxygen atoms in total. The second kappa shape index (κ2) is 4.06. The van der Waals surface area contributed by atoms with Gasteiger partial charge in [0.15, 0.2) is 0 Å². The minimum Gasteiger partial charge on any atom is -0.382 e. The van der Waals surface area contributed by atoms with E-state index in [2.05, 4.69) is 5.10 Å². The Morgan fingerprint density at radius 2 is 2.24 bits per heavy atom. The molecule has 0 aliphatic heterocycles. The number of hydrogen-bond donors (Lipinski definition) is 1. The molecule has 88 valence electrons. The number of nitrogens with two attached hydrogens (primary N) is 1. The fraction of sp³-hybridized carbons (Fsp3) is 0.100. The number of nitro benzene ring substituents is 1. The van der Waals surface area contributed by atoms with Crippen LogP contribution >= 0.6 is 11.6 Å². The van der Waals surface area contributed by atoms with E-state index >= 15 is 0 Å². The molecule has 0 saturated heterocycles. The van der Waals surface area contributed by atoms with E-state index in [1.807, 2.05) is 0 Å². The maximum atomic E-state index is 10.7. The van der Waals surface area contributed by atoms with Gasteiger partial charge in [0.1, 0.15) is 5.82 Å². The predicted octanol–water partition coefficient (Wildman–Crippen LogP) is 2.32. The molecule has 0 amide bonds. The number of nitro groups is 1. The zero-order valence-electron chi connectivity index (χ0n) is 8.92. The molecule has 2 rings (SSSR count). The smallest absolute Gasteiger partial charge is 0.271 e. The number of rotatable bonds is 2. The highest BCUT2D eigenvalue weighted by atomic mass is 35.5. The van der Waals surface area contributed by atoms with Crippen molar-refractivity contribution < 1.29 is 4.92 Å². The third-order valence-corrected chi connectivity index (χ3v) is 2.64. The number of nitrogen functional groups attached to an aromatic ring is 1. The fourth-order valence-corrected chi connectivity index (χ4v) is 1.59. The van der Waals surface area contributed by atoms with Crippen LogP contribution in [0.3, 0.4) is 0 Å². The van der Waals surface area contributed by atoms with Gasteiger partial charge in [-0.1, -0.05) is 11.6 Å². The molecule has 0 saturated carbocycles. The lowest BCUT2D eigenvalue weighted by atomic mass is 10.3. The van der Waals surface area contributed by atoms with Gasteiger partial charge in [-0.15, -0.1) is 0 Å². The summed E-state index contributed by atoms with van der Waals surface area (Å²) in [5, 5.41) is 15.1. The largest absolute Gasteiger partial charge is 0.382 e. The van der Waals surface area contributed by atoms with Crippen molar-refractivity contribution in [3.8, 4) is 5.69 Å². The molecule has 1 aromatic carbocycles. The van der Waals surface area contributed by atoms with Crippen molar-refractivity contribution in [3.05, 3.63) is 45.1 Å². The van der Waals surface area contributed by atoms with Crippen molar-refractivity contribution in [1.82, 2.24) is 9.78 Å². The van der Waals surface area contributed by atoms with Gasteiger partial charge in [0.25, 0.3) is 5.69 Å². The van der Waals surface area contributed by atoms with Gasteiger partial charge in [0, 0.05) is 23.9 Å². The predicted molar refractivity (Wildman–Crippen MR) is 64.4 cm³/mol. The van der Waals surface area contributed by atoms with Crippen LogP contribution in [0.4, 0.5) is 11.5 Å². The highest BCUT2D eigenvalue weighted by molar-refractivity contribution is 6.32. The third kappa shape index (κ3) is 2.07. The molecule has 17 heavy (non-hydrogen) atoms. The number of nitrogens with zero attached hydrogens (tertiary/aromatic N) is 3. The molecule has 7 heteroatoms. The van der Waals surface area contributed by atoms with Crippen molar-refractivity contribution in [2.45, 2.75) is 6.92 Å². The lowest BCUT2D eigenvalue weighted by Crippen LogP contribution is -1.98. The average molecular weight is 253 g/mol. The summed E-state index contributed by atoms with van der Waals surface area (Å²) in [6.45, 7) is 1.80. The standard InChI is InChI=1S/C10H9ClN4O2/c1-6-5-14(13-10(6)12)9-4-7(15(16)17)2-3-8(9)11/h2-5H,1H3,(H2,12,13). The van der Waals surface area contributed by atoms with Gasteiger partial charge in [-0.2, -0.15) is 5.10 Å². The fourth-order valence-electron chi connectivity index (χ4n) is 1.39. The van der Waals surface area contributed by atoms with Crippen LogP contribution < -0.4 is 5.73 Å². The number of hydrogen-bond acceptors (Lipinski definition) is 4. The van der Waals surface area contributed by atoms with E-state index in [1.165, 1.54) is 22.9 Å². The molecule has 0 bridgehead atoms. The molecule has 0 aliphatic carbocycles. The summed E-state index contributed by atoms with van der Waals surface area (Å²) < 4.78 is 1.43. The SMILES string of the molecule is Cc1cn(-c2cc([N+](=O)[O-])ccc2Cl)nc1N. The Labute approximate surface area is 102 Å². The van der Waals surface area contributed by atoms with Crippen LogP contribution in [0.25, 0.3) is 5.69 Å². The van der Waals surface area contributed by atoms with Crippen LogP contribution in [0, 0.1) is 17.0 Å². The van der Waals surface area contributed by atoms with Gasteiger partial charge >= 0.3 is 0 Å². The first kappa shape index (κ1) is 11.4. The van der Waals surface area contributed by atoms with Crippen LogP contribution in [0.15, 0.2) is 24.4 Å². The highest BCUT2D eigenvalue weighted by Crippen LogP contribution is 2.26. The summed E-state index contributed by atoms with van der Waals surface area (Å²) in [5.74, 6) is 0.368. The minimum atomic E-state index is -0.487. The molecule has 0 unspecified atom stereocenters. The summed E-state index contributed by atoms with van der Waals surface area (Å²) in [4.78, 5) is 10.2. The number of aryl methyl sites for hydroxylation is 1. The average Bonchev–Trinajstić information content (AvgIpc) is 2.59. The van der Waals surface area contributed by atoms with E-state index in [4.69, 9.17) is 17.3 Å². The number of benzene rings is 1. The molecule has 0 aliphatic rings. The first-order valence-corrected chi connectivity index (χ1v) is 5.13. The van der Waals surface area contributed by atoms with E-state index in [0.29, 0.717) is 16.5 Å². The molecule has 0 atom stereocenters. The summed E-state index contributed by atoms with van der Waals surface area (Å²) in [5.41, 5.74) is 6.79. The Balaban J connectivity index is 2.57. The van der Waals surface area contributed by atoms with Gasteiger partial charge in [-0.05, 0) is 13.0 Å². The zero-order valence-corrected chi connectivity index (χ0v) is 9.68. The maximum absolute atomic E-state index is 10.7. The Kier molecular flexibility index (Phi) is 2.72. The summed E-state index contributed by atoms with van der Waals surface area (Å²) in [6.07, 6.45) is 1.67. The zero-order chi connectivity index (χ0) is 12.6. The van der Waals surface area contributed by atoms with Crippen molar-refractivity contribution in [1.29, 1.82) is 0 Å². The van der Waals surface area contributed by atoms with Gasteiger partial charge in [-0.3, -0.25) is 10.1 Å². The molecule has 0 spiro atoms. The first-order chi connectivity index (χ1) is 7.99. The van der Waals surface area contributed by atoms with Crippen LogP contribution in [0.2, 0.25) is 5.02 Å². The lowest BCUT2D eigenvalue weighted by molar-refractivity contribution is -0.384. The van der Waals surface area contributed by atoms with E-state index in [9.17, 15) is 10.1 Å². The number of anilines is 1. The number of aromatic nitrogens is 2. The van der Waals surface area contributed by atoms with Crippen molar-refractivity contribution >= 4 is 23.1 Å². The second-order valence-corrected chi connectivity index (χ2v) is 3.94. The molecule has 1 heterocycles. The first-order valence-electron chi connectivity index (χ1n) is 4.75. The Hall–Kier alpha value is -2.08. The lowest BCUT2D eigenvalue weighted by Gasteiger charge is -2.03. The second-order valence-electron chi connectivity index (χ2n) is 3.53. The Morgan fingerprint density at radius 1 is 1.53 bits per heavy atom. The van der Waals surface area contributed by atoms with Crippen molar-refractivity contribution in [2.24, 2.45) is 0 Å². The molecule has 2 N–H and O–H groups in total. The van der Waals surface area contributed by atoms with Crippen LogP contribution in [-0.2, 0) is 0 Å². The van der Waals surface area contributed by atoms with E-state index in [1.54, 1.807) is 13.1 Å². The van der Waals surface area contributed by atoms with Gasteiger partial charge in [0.05, 0.1) is 15.6 Å². The van der Waals surface area contributed by atoms with Gasteiger partial charge < -0.3 is 5.73 Å². The minimum absolute atomic E-state index is 0.0453. The molecular weight excluding hydrogens is 244 g/mol. The quantitative estimate of drug-likeness (QED) is 0.656. The Bertz CT molecular complexity index is 574. The van der Waals surface area contributed by atoms with E-state index in [0.717, 1.165) is 5.56 Å². The topological polar surface area (TPSA) is 87.0 Å². The summed E-state index contributed by atoms with van der Waals surface area (Å²) >= 11 is 5.97. The monoisotopic (exact) mass is 252 g/mol. The van der Waals surface area contributed by atoms with E-state index in [-0.39, 0.29) is 5.69 Å². The number of non-ortho nitro benzene ring substituents is 1. The molecule has 0 fully saturated rings. The van der Waals surface area contributed by atoms with Gasteiger partial charge in [0.2, 0.25) is 0 Å². The van der Waals surface area contributed by atoms with Crippen LogP contribution in [0.1, 0.15) is 5.56 Å². The molecular formula is C10H9ClN4O2. The third-order valence-electron chi connectivity index (χ3n) is 2.32. The molecule has 2 aromatic rings.